The van der Waals surface area contributed by atoms with Crippen molar-refractivity contribution >= 4 is 22.7 Å². The van der Waals surface area contributed by atoms with Crippen molar-refractivity contribution in [2.45, 2.75) is 88.2 Å². The molecule has 3 atom stereocenters. The molecule has 2 aromatic rings. The van der Waals surface area contributed by atoms with Crippen molar-refractivity contribution in [1.82, 2.24) is 24.6 Å². The molecular formula is C23H33F2N5O4S. The van der Waals surface area contributed by atoms with Gasteiger partial charge in [-0.1, -0.05) is 0 Å². The summed E-state index contributed by atoms with van der Waals surface area (Å²) < 4.78 is 50.2. The summed E-state index contributed by atoms with van der Waals surface area (Å²) in [6.07, 6.45) is 4.15. The van der Waals surface area contributed by atoms with Gasteiger partial charge >= 0.3 is 6.09 Å². The second kappa shape index (κ2) is 10.1. The molecule has 1 amide bonds. The van der Waals surface area contributed by atoms with E-state index in [4.69, 9.17) is 4.74 Å². The van der Waals surface area contributed by atoms with Crippen LogP contribution < -0.4 is 10.0 Å². The van der Waals surface area contributed by atoms with Crippen LogP contribution in [0.2, 0.25) is 0 Å². The second-order valence-electron chi connectivity index (χ2n) is 10.5. The number of halogens is 2. The molecule has 2 aliphatic rings. The van der Waals surface area contributed by atoms with Crippen LogP contribution in [-0.2, 0) is 15.7 Å². The van der Waals surface area contributed by atoms with E-state index < -0.39 is 33.8 Å². The van der Waals surface area contributed by atoms with Crippen molar-refractivity contribution in [3.8, 4) is 0 Å². The molecule has 12 heteroatoms. The van der Waals surface area contributed by atoms with E-state index in [0.29, 0.717) is 17.9 Å². The van der Waals surface area contributed by atoms with E-state index in [-0.39, 0.29) is 43.7 Å². The highest BCUT2D eigenvalue weighted by Crippen LogP contribution is 2.41. The van der Waals surface area contributed by atoms with Gasteiger partial charge in [-0.3, -0.25) is 0 Å². The highest BCUT2D eigenvalue weighted by atomic mass is 32.2. The summed E-state index contributed by atoms with van der Waals surface area (Å²) >= 11 is 0. The molecule has 2 aliphatic carbocycles. The lowest BCUT2D eigenvalue weighted by atomic mass is 9.81. The Kier molecular flexibility index (Phi) is 7.44. The maximum atomic E-state index is 13.7. The van der Waals surface area contributed by atoms with Crippen LogP contribution in [0.15, 0.2) is 18.5 Å². The zero-order valence-corrected chi connectivity index (χ0v) is 21.0. The van der Waals surface area contributed by atoms with E-state index in [1.54, 1.807) is 18.5 Å². The predicted molar refractivity (Wildman–Crippen MR) is 127 cm³/mol. The zero-order chi connectivity index (χ0) is 25.4. The third-order valence-electron chi connectivity index (χ3n) is 6.42. The van der Waals surface area contributed by atoms with Crippen molar-refractivity contribution in [3.63, 3.8) is 0 Å². The highest BCUT2D eigenvalue weighted by molar-refractivity contribution is 7.84. The fourth-order valence-electron chi connectivity index (χ4n) is 4.18. The van der Waals surface area contributed by atoms with Gasteiger partial charge in [0.25, 0.3) is 0 Å². The average molecular weight is 514 g/mol. The number of nitrogens with one attached hydrogen (secondary N) is 2. The predicted octanol–water partition coefficient (Wildman–Crippen LogP) is 4.14. The van der Waals surface area contributed by atoms with E-state index in [0.717, 1.165) is 18.4 Å². The lowest BCUT2D eigenvalue weighted by molar-refractivity contribution is -0.0495. The molecule has 9 nitrogen and oxygen atoms in total. The number of nitrogens with zero attached hydrogens (tertiary/aromatic N) is 3. The number of hydrogen-bond acceptors (Lipinski definition) is 5. The smallest absolute Gasteiger partial charge is 0.405 e. The van der Waals surface area contributed by atoms with Crippen molar-refractivity contribution in [2.75, 3.05) is 6.61 Å². The summed E-state index contributed by atoms with van der Waals surface area (Å²) in [4.78, 5) is 16.1. The average Bonchev–Trinajstić information content (AvgIpc) is 3.50. The fourth-order valence-corrected chi connectivity index (χ4v) is 5.00. The molecule has 2 saturated carbocycles. The Balaban J connectivity index is 1.59. The number of carboxylic acid groups (broad SMARTS) is 1. The molecule has 0 aliphatic heterocycles. The highest BCUT2D eigenvalue weighted by Gasteiger charge is 2.39. The Morgan fingerprint density at radius 3 is 2.60 bits per heavy atom. The van der Waals surface area contributed by atoms with E-state index in [2.05, 4.69) is 20.1 Å². The van der Waals surface area contributed by atoms with Crippen LogP contribution in [0.5, 0.6) is 0 Å². The summed E-state index contributed by atoms with van der Waals surface area (Å²) in [6.45, 7) is 5.98. The van der Waals surface area contributed by atoms with E-state index in [9.17, 15) is 22.9 Å². The van der Waals surface area contributed by atoms with Crippen LogP contribution in [0.25, 0.3) is 5.65 Å². The van der Waals surface area contributed by atoms with Crippen LogP contribution in [0.3, 0.4) is 0 Å². The van der Waals surface area contributed by atoms with Crippen molar-refractivity contribution in [2.24, 2.45) is 5.92 Å². The second-order valence-corrected chi connectivity index (χ2v) is 12.5. The van der Waals surface area contributed by atoms with Gasteiger partial charge in [0.2, 0.25) is 5.92 Å². The van der Waals surface area contributed by atoms with Gasteiger partial charge < -0.3 is 15.2 Å². The van der Waals surface area contributed by atoms with Gasteiger partial charge in [0.05, 0.1) is 58.6 Å². The number of ether oxygens (including phenoxy) is 1. The first-order valence-electron chi connectivity index (χ1n) is 11.9. The number of rotatable bonds is 9. The molecule has 0 bridgehead atoms. The number of imidazole rings is 1. The van der Waals surface area contributed by atoms with Crippen molar-refractivity contribution in [3.05, 3.63) is 29.7 Å². The number of amides is 1. The molecule has 35 heavy (non-hydrogen) atoms. The monoisotopic (exact) mass is 513 g/mol. The Labute approximate surface area is 205 Å². The molecule has 3 N–H and O–H groups in total. The first kappa shape index (κ1) is 25.9. The van der Waals surface area contributed by atoms with Gasteiger partial charge in [0.1, 0.15) is 0 Å². The number of fused-ring (bicyclic) bond motifs is 1. The number of hydrogen-bond donors (Lipinski definition) is 3. The van der Waals surface area contributed by atoms with Gasteiger partial charge in [-0.15, -0.1) is 0 Å². The Morgan fingerprint density at radius 2 is 2.00 bits per heavy atom. The molecule has 0 radical (unpaired) electrons. The summed E-state index contributed by atoms with van der Waals surface area (Å²) in [7, 11) is -1.34. The van der Waals surface area contributed by atoms with Gasteiger partial charge in [0, 0.05) is 12.8 Å². The van der Waals surface area contributed by atoms with E-state index >= 15 is 0 Å². The minimum absolute atomic E-state index is 0.202. The van der Waals surface area contributed by atoms with E-state index in [1.807, 2.05) is 20.8 Å². The molecule has 2 aromatic heterocycles. The number of aromatic nitrogens is 3. The molecule has 194 valence electrons. The summed E-state index contributed by atoms with van der Waals surface area (Å²) in [5.74, 6) is -3.00. The summed E-state index contributed by atoms with van der Waals surface area (Å²) in [6, 6.07) is 0.716. The SMILES string of the molecule is CC(C)(C)[S@@](=O)N[C@H](COC1CC1)c1cnn2cc([C@@H](NC(=O)O)C3CCC(F)(F)CC3)nc2c1. The van der Waals surface area contributed by atoms with Crippen LogP contribution in [0.1, 0.15) is 82.6 Å². The van der Waals surface area contributed by atoms with Crippen LogP contribution in [0.4, 0.5) is 13.6 Å². The minimum atomic E-state index is -2.71. The number of carbonyl (C=O) groups is 1. The largest absolute Gasteiger partial charge is 0.465 e. The van der Waals surface area contributed by atoms with Crippen molar-refractivity contribution < 1.29 is 27.6 Å². The lowest BCUT2D eigenvalue weighted by Crippen LogP contribution is -2.37. The maximum Gasteiger partial charge on any atom is 0.405 e. The Hall–Kier alpha value is -2.18. The standard InChI is InChI=1S/C23H33F2N5O4S/c1-22(2,3)35(33)29-18(13-34-16-4-5-16)15-10-19-27-17(12-30(19)26-11-15)20(28-21(31)32)14-6-8-23(24,25)9-7-14/h10-12,14,16,18,20,28-29H,4-9,13H2,1-3H3,(H,31,32)/t18-,20+,35-/m1/s1. The zero-order valence-electron chi connectivity index (χ0n) is 20.2. The Morgan fingerprint density at radius 1 is 1.31 bits per heavy atom. The summed E-state index contributed by atoms with van der Waals surface area (Å²) in [5, 5.41) is 16.3. The summed E-state index contributed by atoms with van der Waals surface area (Å²) in [5.41, 5.74) is 1.66. The fraction of sp³-hybridized carbons (Fsp3) is 0.696. The minimum Gasteiger partial charge on any atom is -0.465 e. The molecule has 2 heterocycles. The van der Waals surface area contributed by atoms with Gasteiger partial charge in [-0.05, 0) is 64.0 Å². The van der Waals surface area contributed by atoms with E-state index in [1.165, 1.54) is 4.52 Å². The number of alkyl halides is 2. The third-order valence-corrected chi connectivity index (χ3v) is 8.03. The first-order valence-corrected chi connectivity index (χ1v) is 13.1. The third kappa shape index (κ3) is 6.73. The van der Waals surface area contributed by atoms with Crippen molar-refractivity contribution in [1.29, 1.82) is 0 Å². The van der Waals surface area contributed by atoms with Gasteiger partial charge in [0.15, 0.2) is 5.65 Å². The van der Waals surface area contributed by atoms with Gasteiger partial charge in [-0.25, -0.2) is 32.0 Å². The van der Waals surface area contributed by atoms with Crippen LogP contribution in [-0.4, -0.2) is 53.4 Å². The normalized spacial score (nSPS) is 21.5. The maximum absolute atomic E-state index is 13.7. The topological polar surface area (TPSA) is 118 Å². The lowest BCUT2D eigenvalue weighted by Gasteiger charge is -2.32. The molecule has 4 rings (SSSR count). The molecule has 0 aromatic carbocycles. The molecule has 0 unspecified atom stereocenters. The Bertz CT molecular complexity index is 1080. The van der Waals surface area contributed by atoms with Crippen LogP contribution in [0, 0.1) is 5.92 Å². The molecule has 0 spiro atoms. The molecule has 2 fully saturated rings. The van der Waals surface area contributed by atoms with Crippen LogP contribution >= 0.6 is 0 Å². The quantitative estimate of drug-likeness (QED) is 0.464. The van der Waals surface area contributed by atoms with Gasteiger partial charge in [-0.2, -0.15) is 5.10 Å². The molecule has 0 saturated heterocycles. The first-order chi connectivity index (χ1) is 16.4. The molecular weight excluding hydrogens is 480 g/mol.